The minimum Gasteiger partial charge on any atom is -0.378 e. The van der Waals surface area contributed by atoms with Gasteiger partial charge in [-0.3, -0.25) is 18.7 Å². The van der Waals surface area contributed by atoms with Gasteiger partial charge in [0, 0.05) is 36.8 Å². The van der Waals surface area contributed by atoms with Gasteiger partial charge in [-0.1, -0.05) is 18.2 Å². The van der Waals surface area contributed by atoms with Gasteiger partial charge in [0.05, 0.1) is 35.2 Å². The van der Waals surface area contributed by atoms with Gasteiger partial charge in [0.1, 0.15) is 0 Å². The molecule has 9 nitrogen and oxygen atoms in total. The number of anilines is 1. The predicted octanol–water partition coefficient (Wildman–Crippen LogP) is 3.59. The van der Waals surface area contributed by atoms with Crippen LogP contribution in [0.15, 0.2) is 53.4 Å². The maximum Gasteiger partial charge on any atom is 0.274 e. The van der Waals surface area contributed by atoms with Gasteiger partial charge in [0.2, 0.25) is 5.91 Å². The highest BCUT2D eigenvalue weighted by Gasteiger charge is 2.37. The lowest BCUT2D eigenvalue weighted by atomic mass is 10.0. The molecule has 0 spiro atoms. The van der Waals surface area contributed by atoms with Crippen molar-refractivity contribution >= 4 is 28.1 Å². The van der Waals surface area contributed by atoms with Crippen LogP contribution < -0.4 is 5.32 Å². The quantitative estimate of drug-likeness (QED) is 0.541. The maximum absolute atomic E-state index is 13.4. The monoisotopic (exact) mass is 468 g/mol. The molecule has 1 aromatic heterocycles. The first-order valence-electron chi connectivity index (χ1n) is 10.6. The van der Waals surface area contributed by atoms with Crippen LogP contribution in [0.2, 0.25) is 0 Å². The molecular weight excluding hydrogens is 444 g/mol. The molecular formula is C23H24N4O5S. The molecule has 2 aliphatic heterocycles. The Bertz CT molecular complexity index is 1240. The van der Waals surface area contributed by atoms with E-state index in [0.29, 0.717) is 53.7 Å². The summed E-state index contributed by atoms with van der Waals surface area (Å²) in [6.07, 6.45) is 0. The van der Waals surface area contributed by atoms with Crippen LogP contribution in [0.1, 0.15) is 23.0 Å². The molecule has 0 radical (unpaired) electrons. The third kappa shape index (κ3) is 3.91. The first-order chi connectivity index (χ1) is 15.8. The largest absolute Gasteiger partial charge is 0.378 e. The van der Waals surface area contributed by atoms with Crippen molar-refractivity contribution < 1.29 is 23.4 Å². The van der Waals surface area contributed by atoms with E-state index in [0.717, 1.165) is 5.69 Å². The van der Waals surface area contributed by atoms with E-state index >= 15 is 0 Å². The van der Waals surface area contributed by atoms with Crippen molar-refractivity contribution in [1.29, 1.82) is 0 Å². The zero-order chi connectivity index (χ0) is 23.2. The molecule has 172 valence electrons. The van der Waals surface area contributed by atoms with Crippen molar-refractivity contribution in [3.63, 3.8) is 0 Å². The highest BCUT2D eigenvalue weighted by atomic mass is 32.3. The van der Waals surface area contributed by atoms with Crippen molar-refractivity contribution in [3.8, 4) is 16.9 Å². The second-order valence-electron chi connectivity index (χ2n) is 8.03. The number of para-hydroxylation sites is 1. The fraction of sp³-hybridized carbons (Fsp3) is 0.261. The van der Waals surface area contributed by atoms with Crippen LogP contribution in [0, 0.1) is 0 Å². The number of nitrogens with one attached hydrogen (secondary N) is 1. The summed E-state index contributed by atoms with van der Waals surface area (Å²) in [5, 5.41) is 7.42. The number of benzene rings is 2. The summed E-state index contributed by atoms with van der Waals surface area (Å²) in [7, 11) is -3.22. The van der Waals surface area contributed by atoms with E-state index in [1.165, 1.54) is 6.92 Å². The molecule has 10 heteroatoms. The molecule has 3 aromatic rings. The molecule has 0 unspecified atom stereocenters. The Labute approximate surface area is 192 Å². The molecule has 2 aromatic carbocycles. The predicted molar refractivity (Wildman–Crippen MR) is 125 cm³/mol. The number of hydrogen-bond acceptors (Lipinski definition) is 6. The van der Waals surface area contributed by atoms with Crippen LogP contribution in [0.4, 0.5) is 5.69 Å². The number of nitrogens with zero attached hydrogens (tertiary/aromatic N) is 3. The van der Waals surface area contributed by atoms with Crippen LogP contribution in [0.3, 0.4) is 0 Å². The van der Waals surface area contributed by atoms with Crippen LogP contribution in [0.25, 0.3) is 16.9 Å². The average molecular weight is 469 g/mol. The zero-order valence-electron chi connectivity index (χ0n) is 18.0. The molecule has 1 saturated heterocycles. The smallest absolute Gasteiger partial charge is 0.274 e. The molecule has 0 bridgehead atoms. The summed E-state index contributed by atoms with van der Waals surface area (Å²) in [6, 6.07) is 14.3. The molecule has 3 heterocycles. The Morgan fingerprint density at radius 2 is 1.82 bits per heavy atom. The first kappa shape index (κ1) is 21.7. The minimum absolute atomic E-state index is 0.104. The van der Waals surface area contributed by atoms with Gasteiger partial charge < -0.3 is 15.0 Å². The standard InChI is InChI=1S/C23H24N4O5S/c1-15(28)24-16-7-8-20-18(13-16)22-19(14-33(20,30)31)21(23(29)26-9-11-32-12-10-26)25-27(22)17-5-3-2-4-6-17/h2-8,13,30-31H,9-12,14H2,1H3,(H,24,28). The van der Waals surface area contributed by atoms with Gasteiger partial charge in [-0.05, 0) is 30.3 Å². The van der Waals surface area contributed by atoms with E-state index in [1.807, 2.05) is 30.3 Å². The van der Waals surface area contributed by atoms with Crippen LogP contribution in [0.5, 0.6) is 0 Å². The average Bonchev–Trinajstić information content (AvgIpc) is 3.18. The number of carbonyl (C=O) groups is 2. The van der Waals surface area contributed by atoms with Gasteiger partial charge in [0.25, 0.3) is 5.91 Å². The van der Waals surface area contributed by atoms with Crippen molar-refractivity contribution in [3.05, 3.63) is 59.8 Å². The topological polar surface area (TPSA) is 117 Å². The van der Waals surface area contributed by atoms with Gasteiger partial charge in [-0.25, -0.2) is 4.68 Å². The number of carbonyl (C=O) groups excluding carboxylic acids is 2. The fourth-order valence-electron chi connectivity index (χ4n) is 4.27. The van der Waals surface area contributed by atoms with E-state index in [9.17, 15) is 18.7 Å². The second kappa shape index (κ2) is 8.31. The molecule has 3 N–H and O–H groups in total. The molecule has 33 heavy (non-hydrogen) atoms. The Morgan fingerprint density at radius 3 is 2.52 bits per heavy atom. The van der Waals surface area contributed by atoms with E-state index in [2.05, 4.69) is 10.4 Å². The normalized spacial score (nSPS) is 17.6. The van der Waals surface area contributed by atoms with Gasteiger partial charge in [-0.2, -0.15) is 15.7 Å². The highest BCUT2D eigenvalue weighted by Crippen LogP contribution is 2.60. The van der Waals surface area contributed by atoms with Gasteiger partial charge >= 0.3 is 0 Å². The Kier molecular flexibility index (Phi) is 5.45. The minimum atomic E-state index is -3.22. The molecule has 1 fully saturated rings. The summed E-state index contributed by atoms with van der Waals surface area (Å²) in [5.74, 6) is -0.606. The Hall–Kier alpha value is -3.18. The summed E-state index contributed by atoms with van der Waals surface area (Å²) in [6.45, 7) is 3.21. The van der Waals surface area contributed by atoms with E-state index in [1.54, 1.807) is 27.8 Å². The lowest BCUT2D eigenvalue weighted by molar-refractivity contribution is -0.114. The number of morpholine rings is 1. The molecule has 2 aliphatic rings. The number of amides is 2. The van der Waals surface area contributed by atoms with E-state index in [-0.39, 0.29) is 23.3 Å². The van der Waals surface area contributed by atoms with Crippen molar-refractivity contribution in [1.82, 2.24) is 14.7 Å². The first-order valence-corrected chi connectivity index (χ1v) is 12.3. The van der Waals surface area contributed by atoms with Crippen molar-refractivity contribution in [2.75, 3.05) is 31.6 Å². The Morgan fingerprint density at radius 1 is 1.09 bits per heavy atom. The van der Waals surface area contributed by atoms with Crippen molar-refractivity contribution in [2.24, 2.45) is 0 Å². The van der Waals surface area contributed by atoms with Crippen molar-refractivity contribution in [2.45, 2.75) is 17.6 Å². The number of ether oxygens (including phenoxy) is 1. The summed E-state index contributed by atoms with van der Waals surface area (Å²) in [4.78, 5) is 27.1. The van der Waals surface area contributed by atoms with Crippen LogP contribution >= 0.6 is 10.6 Å². The van der Waals surface area contributed by atoms with E-state index in [4.69, 9.17) is 4.74 Å². The highest BCUT2D eigenvalue weighted by molar-refractivity contribution is 8.23. The maximum atomic E-state index is 13.4. The lowest BCUT2D eigenvalue weighted by Crippen LogP contribution is -2.41. The number of aromatic nitrogens is 2. The SMILES string of the molecule is CC(=O)Nc1ccc2c(c1)-c1c(c(C(=O)N3CCOCC3)nn1-c1ccccc1)CS2(O)O. The molecule has 5 rings (SSSR count). The molecule has 0 saturated carbocycles. The number of rotatable bonds is 3. The zero-order valence-corrected chi connectivity index (χ0v) is 18.8. The summed E-state index contributed by atoms with van der Waals surface area (Å²) >= 11 is 0. The van der Waals surface area contributed by atoms with E-state index < -0.39 is 10.6 Å². The Balaban J connectivity index is 1.73. The van der Waals surface area contributed by atoms with Gasteiger partial charge in [-0.15, -0.1) is 0 Å². The second-order valence-corrected chi connectivity index (χ2v) is 10.1. The van der Waals surface area contributed by atoms with Crippen LogP contribution in [-0.2, 0) is 15.3 Å². The summed E-state index contributed by atoms with van der Waals surface area (Å²) in [5.41, 5.74) is 3.09. The molecule has 0 atom stereocenters. The summed E-state index contributed by atoms with van der Waals surface area (Å²) < 4.78 is 29.1. The number of fused-ring (bicyclic) bond motifs is 3. The number of hydrogen-bond donors (Lipinski definition) is 3. The third-order valence-corrected chi connectivity index (χ3v) is 7.49. The van der Waals surface area contributed by atoms with Gasteiger partial charge in [0.15, 0.2) is 5.69 Å². The molecule has 0 aliphatic carbocycles. The lowest BCUT2D eigenvalue weighted by Gasteiger charge is -2.38. The fourth-order valence-corrected chi connectivity index (χ4v) is 5.89. The third-order valence-electron chi connectivity index (χ3n) is 5.74. The van der Waals surface area contributed by atoms with Crippen LogP contribution in [-0.4, -0.2) is 61.9 Å². The molecule has 2 amide bonds.